The number of aliphatic imine (C=N–C) groups is 1. The Morgan fingerprint density at radius 3 is 2.84 bits per heavy atom. The van der Waals surface area contributed by atoms with Crippen molar-refractivity contribution in [3.63, 3.8) is 0 Å². The molecule has 0 aliphatic carbocycles. The second-order valence-corrected chi connectivity index (χ2v) is 6.87. The van der Waals surface area contributed by atoms with Crippen LogP contribution < -0.4 is 10.2 Å². The molecule has 0 amide bonds. The van der Waals surface area contributed by atoms with Crippen LogP contribution in [0.15, 0.2) is 29.3 Å². The van der Waals surface area contributed by atoms with Crippen molar-refractivity contribution in [2.75, 3.05) is 52.3 Å². The molecule has 1 N–H and O–H groups in total. The van der Waals surface area contributed by atoms with E-state index in [1.807, 2.05) is 7.05 Å². The standard InChI is InChI=1S/C19H30N4O2/c1-20-19(21-13-15-6-4-7-16(12-15)22(2)3)23-9-11-25-18(14-23)17-8-5-10-24-17/h4,6-7,12,17-18H,5,8-11,13-14H2,1-3H3,(H,20,21). The molecule has 2 atom stereocenters. The number of anilines is 1. The summed E-state index contributed by atoms with van der Waals surface area (Å²) in [6.45, 7) is 4.04. The van der Waals surface area contributed by atoms with E-state index in [0.29, 0.717) is 0 Å². The van der Waals surface area contributed by atoms with E-state index < -0.39 is 0 Å². The van der Waals surface area contributed by atoms with Gasteiger partial charge in [0.25, 0.3) is 0 Å². The highest BCUT2D eigenvalue weighted by Crippen LogP contribution is 2.21. The van der Waals surface area contributed by atoms with Gasteiger partial charge in [-0.05, 0) is 30.5 Å². The molecular weight excluding hydrogens is 316 g/mol. The number of rotatable bonds is 4. The van der Waals surface area contributed by atoms with E-state index in [0.717, 1.165) is 51.6 Å². The zero-order valence-electron chi connectivity index (χ0n) is 15.6. The molecule has 0 radical (unpaired) electrons. The molecular formula is C19H30N4O2. The molecule has 2 unspecified atom stereocenters. The molecule has 3 rings (SSSR count). The van der Waals surface area contributed by atoms with Gasteiger partial charge in [-0.15, -0.1) is 0 Å². The number of nitrogens with zero attached hydrogens (tertiary/aromatic N) is 3. The lowest BCUT2D eigenvalue weighted by molar-refractivity contribution is -0.0817. The Hall–Kier alpha value is -1.79. The largest absolute Gasteiger partial charge is 0.378 e. The highest BCUT2D eigenvalue weighted by atomic mass is 16.5. The second-order valence-electron chi connectivity index (χ2n) is 6.87. The van der Waals surface area contributed by atoms with Gasteiger partial charge in [0.2, 0.25) is 0 Å². The molecule has 2 aliphatic heterocycles. The van der Waals surface area contributed by atoms with E-state index >= 15 is 0 Å². The van der Waals surface area contributed by atoms with Crippen molar-refractivity contribution in [3.8, 4) is 0 Å². The highest BCUT2D eigenvalue weighted by molar-refractivity contribution is 5.80. The quantitative estimate of drug-likeness (QED) is 0.664. The summed E-state index contributed by atoms with van der Waals surface area (Å²) in [6, 6.07) is 8.56. The van der Waals surface area contributed by atoms with E-state index in [4.69, 9.17) is 9.47 Å². The normalized spacial score (nSPS) is 24.4. The SMILES string of the molecule is CN=C(NCc1cccc(N(C)C)c1)N1CCOC(C2CCCO2)C1. The molecule has 2 fully saturated rings. The lowest BCUT2D eigenvalue weighted by atomic mass is 10.1. The van der Waals surface area contributed by atoms with Gasteiger partial charge in [0.15, 0.2) is 5.96 Å². The molecule has 1 aromatic carbocycles. The summed E-state index contributed by atoms with van der Waals surface area (Å²) in [5.41, 5.74) is 2.45. The Morgan fingerprint density at radius 2 is 2.12 bits per heavy atom. The van der Waals surface area contributed by atoms with Gasteiger partial charge in [-0.3, -0.25) is 4.99 Å². The average molecular weight is 346 g/mol. The maximum absolute atomic E-state index is 5.94. The van der Waals surface area contributed by atoms with Crippen LogP contribution in [0.2, 0.25) is 0 Å². The summed E-state index contributed by atoms with van der Waals surface area (Å²) in [6.07, 6.45) is 2.62. The van der Waals surface area contributed by atoms with Gasteiger partial charge < -0.3 is 24.6 Å². The maximum atomic E-state index is 5.94. The Kier molecular flexibility index (Phi) is 6.15. The number of morpholine rings is 1. The molecule has 0 saturated carbocycles. The lowest BCUT2D eigenvalue weighted by Gasteiger charge is -2.37. The monoisotopic (exact) mass is 346 g/mol. The van der Waals surface area contributed by atoms with Gasteiger partial charge in [0.1, 0.15) is 6.10 Å². The number of ether oxygens (including phenoxy) is 2. The van der Waals surface area contributed by atoms with Crippen molar-refractivity contribution in [1.29, 1.82) is 0 Å². The molecule has 25 heavy (non-hydrogen) atoms. The summed E-state index contributed by atoms with van der Waals surface area (Å²) in [7, 11) is 5.96. The molecule has 2 saturated heterocycles. The molecule has 138 valence electrons. The minimum absolute atomic E-state index is 0.145. The molecule has 0 spiro atoms. The van der Waals surface area contributed by atoms with E-state index in [2.05, 4.69) is 58.5 Å². The molecule has 2 aliphatic rings. The van der Waals surface area contributed by atoms with Crippen LogP contribution >= 0.6 is 0 Å². The van der Waals surface area contributed by atoms with E-state index in [1.165, 1.54) is 11.3 Å². The summed E-state index contributed by atoms with van der Waals surface area (Å²) in [5.74, 6) is 0.932. The summed E-state index contributed by atoms with van der Waals surface area (Å²) >= 11 is 0. The topological polar surface area (TPSA) is 49.3 Å². The van der Waals surface area contributed by atoms with Crippen LogP contribution in [0.1, 0.15) is 18.4 Å². The van der Waals surface area contributed by atoms with Gasteiger partial charge in [-0.1, -0.05) is 12.1 Å². The van der Waals surface area contributed by atoms with Crippen molar-refractivity contribution in [3.05, 3.63) is 29.8 Å². The Morgan fingerprint density at radius 1 is 1.28 bits per heavy atom. The number of hydrogen-bond donors (Lipinski definition) is 1. The first kappa shape index (κ1) is 18.0. The lowest BCUT2D eigenvalue weighted by Crippen LogP contribution is -2.53. The third-order valence-electron chi connectivity index (χ3n) is 4.86. The Balaban J connectivity index is 1.57. The highest BCUT2D eigenvalue weighted by Gasteiger charge is 2.32. The molecule has 0 aromatic heterocycles. The molecule has 0 bridgehead atoms. The van der Waals surface area contributed by atoms with Gasteiger partial charge >= 0.3 is 0 Å². The first-order valence-corrected chi connectivity index (χ1v) is 9.12. The summed E-state index contributed by atoms with van der Waals surface area (Å²) in [4.78, 5) is 8.87. The number of guanidine groups is 1. The first-order valence-electron chi connectivity index (χ1n) is 9.12. The van der Waals surface area contributed by atoms with Crippen molar-refractivity contribution in [1.82, 2.24) is 10.2 Å². The fraction of sp³-hybridized carbons (Fsp3) is 0.632. The van der Waals surface area contributed by atoms with Crippen LogP contribution in [0.5, 0.6) is 0 Å². The Labute approximate surface area is 150 Å². The Bertz CT molecular complexity index is 585. The molecule has 6 heteroatoms. The van der Waals surface area contributed by atoms with Gasteiger partial charge in [0.05, 0.1) is 12.7 Å². The van der Waals surface area contributed by atoms with Crippen LogP contribution in [-0.4, -0.2) is 70.5 Å². The molecule has 1 aromatic rings. The van der Waals surface area contributed by atoms with Crippen molar-refractivity contribution in [2.45, 2.75) is 31.6 Å². The fourth-order valence-corrected chi connectivity index (χ4v) is 3.45. The van der Waals surface area contributed by atoms with Crippen molar-refractivity contribution in [2.24, 2.45) is 4.99 Å². The number of benzene rings is 1. The molecule has 6 nitrogen and oxygen atoms in total. The maximum Gasteiger partial charge on any atom is 0.194 e. The van der Waals surface area contributed by atoms with Crippen LogP contribution in [0.25, 0.3) is 0 Å². The van der Waals surface area contributed by atoms with Crippen LogP contribution in [0, 0.1) is 0 Å². The van der Waals surface area contributed by atoms with Gasteiger partial charge in [0, 0.05) is 53.1 Å². The van der Waals surface area contributed by atoms with Crippen LogP contribution in [-0.2, 0) is 16.0 Å². The van der Waals surface area contributed by atoms with Crippen molar-refractivity contribution < 1.29 is 9.47 Å². The molecule has 2 heterocycles. The predicted molar refractivity (Wildman–Crippen MR) is 101 cm³/mol. The summed E-state index contributed by atoms with van der Waals surface area (Å²) in [5, 5.41) is 3.49. The zero-order valence-corrected chi connectivity index (χ0v) is 15.6. The average Bonchev–Trinajstić information content (AvgIpc) is 3.17. The smallest absolute Gasteiger partial charge is 0.194 e. The third-order valence-corrected chi connectivity index (χ3v) is 4.86. The van der Waals surface area contributed by atoms with Gasteiger partial charge in [-0.25, -0.2) is 0 Å². The summed E-state index contributed by atoms with van der Waals surface area (Å²) < 4.78 is 11.7. The second kappa shape index (κ2) is 8.54. The number of hydrogen-bond acceptors (Lipinski definition) is 4. The number of nitrogens with one attached hydrogen (secondary N) is 1. The van der Waals surface area contributed by atoms with Crippen LogP contribution in [0.4, 0.5) is 5.69 Å². The van der Waals surface area contributed by atoms with E-state index in [-0.39, 0.29) is 12.2 Å². The van der Waals surface area contributed by atoms with Gasteiger partial charge in [-0.2, -0.15) is 0 Å². The fourth-order valence-electron chi connectivity index (χ4n) is 3.45. The zero-order chi connectivity index (χ0) is 17.6. The predicted octanol–water partition coefficient (Wildman–Crippen LogP) is 1.71. The minimum Gasteiger partial charge on any atom is -0.378 e. The van der Waals surface area contributed by atoms with Crippen LogP contribution in [0.3, 0.4) is 0 Å². The van der Waals surface area contributed by atoms with E-state index in [1.54, 1.807) is 0 Å². The minimum atomic E-state index is 0.145. The van der Waals surface area contributed by atoms with Crippen molar-refractivity contribution >= 4 is 11.6 Å². The first-order chi connectivity index (χ1) is 12.2. The third kappa shape index (κ3) is 4.64. The van der Waals surface area contributed by atoms with E-state index in [9.17, 15) is 0 Å².